The lowest BCUT2D eigenvalue weighted by Gasteiger charge is -2.55. The molecule has 1 saturated carbocycles. The van der Waals surface area contributed by atoms with Gasteiger partial charge in [-0.3, -0.25) is 0 Å². The van der Waals surface area contributed by atoms with Gasteiger partial charge in [-0.05, 0) is 72.1 Å². The standard InChI is InChI=1S/C25H30O3/c1-24(2)12-6-9-22-25(24,3)16-19-13-18(15-21(27-4)23(19)28-22)11-10-17-7-5-8-20(26)14-17/h5,7-8,10-11,13-15,22,26H,6,9,12,16H2,1-4H3/b11-10+/t22?,25-/m0/s1. The first-order valence-electron chi connectivity index (χ1n) is 10.2. The Morgan fingerprint density at radius 2 is 1.89 bits per heavy atom. The molecule has 1 fully saturated rings. The van der Waals surface area contributed by atoms with E-state index in [0.717, 1.165) is 35.5 Å². The van der Waals surface area contributed by atoms with Gasteiger partial charge in [0.2, 0.25) is 0 Å². The highest BCUT2D eigenvalue weighted by Gasteiger charge is 2.53. The third-order valence-corrected chi connectivity index (χ3v) is 7.06. The number of aromatic hydroxyl groups is 1. The minimum absolute atomic E-state index is 0.122. The maximum Gasteiger partial charge on any atom is 0.164 e. The number of hydrogen-bond donors (Lipinski definition) is 1. The maximum absolute atomic E-state index is 9.67. The maximum atomic E-state index is 9.67. The Kier molecular flexibility index (Phi) is 4.65. The lowest BCUT2D eigenvalue weighted by atomic mass is 9.54. The molecule has 1 N–H and O–H groups in total. The van der Waals surface area contributed by atoms with Gasteiger partial charge in [0.05, 0.1) is 7.11 Å². The van der Waals surface area contributed by atoms with Crippen molar-refractivity contribution in [2.24, 2.45) is 10.8 Å². The number of ether oxygens (including phenoxy) is 2. The number of phenols is 1. The van der Waals surface area contributed by atoms with Crippen LogP contribution in [0.5, 0.6) is 17.2 Å². The van der Waals surface area contributed by atoms with E-state index in [0.29, 0.717) is 0 Å². The van der Waals surface area contributed by atoms with Crippen LogP contribution in [0, 0.1) is 10.8 Å². The first-order valence-corrected chi connectivity index (χ1v) is 10.2. The summed E-state index contributed by atoms with van der Waals surface area (Å²) in [5.41, 5.74) is 3.64. The molecule has 0 aromatic heterocycles. The van der Waals surface area contributed by atoms with E-state index in [9.17, 15) is 5.11 Å². The summed E-state index contributed by atoms with van der Waals surface area (Å²) in [6.45, 7) is 7.16. The number of rotatable bonds is 3. The van der Waals surface area contributed by atoms with E-state index in [1.54, 1.807) is 19.2 Å². The SMILES string of the molecule is COc1cc(/C=C/c2cccc(O)c2)cc2c1OC1CCCC(C)(C)[C@@]1(C)C2. The molecule has 0 bridgehead atoms. The van der Waals surface area contributed by atoms with Crippen LogP contribution in [0.2, 0.25) is 0 Å². The largest absolute Gasteiger partial charge is 0.508 e. The van der Waals surface area contributed by atoms with Crippen LogP contribution in [0.25, 0.3) is 12.2 Å². The molecule has 2 aromatic carbocycles. The molecule has 1 aliphatic heterocycles. The van der Waals surface area contributed by atoms with Gasteiger partial charge in [0.25, 0.3) is 0 Å². The quantitative estimate of drug-likeness (QED) is 0.657. The predicted molar refractivity (Wildman–Crippen MR) is 114 cm³/mol. The molecule has 2 aromatic rings. The van der Waals surface area contributed by atoms with Crippen molar-refractivity contribution < 1.29 is 14.6 Å². The van der Waals surface area contributed by atoms with Crippen LogP contribution in [-0.2, 0) is 6.42 Å². The van der Waals surface area contributed by atoms with E-state index in [-0.39, 0.29) is 22.7 Å². The fourth-order valence-corrected chi connectivity index (χ4v) is 4.87. The van der Waals surface area contributed by atoms with Gasteiger partial charge >= 0.3 is 0 Å². The number of hydrogen-bond acceptors (Lipinski definition) is 3. The molecule has 28 heavy (non-hydrogen) atoms. The molecule has 1 heterocycles. The smallest absolute Gasteiger partial charge is 0.164 e. The van der Waals surface area contributed by atoms with E-state index >= 15 is 0 Å². The van der Waals surface area contributed by atoms with E-state index in [1.807, 2.05) is 24.3 Å². The van der Waals surface area contributed by atoms with Crippen molar-refractivity contribution in [3.05, 3.63) is 53.1 Å². The van der Waals surface area contributed by atoms with Gasteiger partial charge in [0.1, 0.15) is 11.9 Å². The molecule has 0 saturated heterocycles. The third-order valence-electron chi connectivity index (χ3n) is 7.06. The summed E-state index contributed by atoms with van der Waals surface area (Å²) in [7, 11) is 1.71. The van der Waals surface area contributed by atoms with Crippen molar-refractivity contribution in [3.8, 4) is 17.2 Å². The predicted octanol–water partition coefficient (Wildman–Crippen LogP) is 6.09. The van der Waals surface area contributed by atoms with Crippen LogP contribution in [0.1, 0.15) is 56.7 Å². The number of methoxy groups -OCH3 is 1. The molecule has 0 radical (unpaired) electrons. The van der Waals surface area contributed by atoms with Gasteiger partial charge in [-0.25, -0.2) is 0 Å². The molecular formula is C25H30O3. The van der Waals surface area contributed by atoms with Crippen molar-refractivity contribution in [3.63, 3.8) is 0 Å². The second-order valence-corrected chi connectivity index (χ2v) is 9.12. The zero-order chi connectivity index (χ0) is 19.9. The monoisotopic (exact) mass is 378 g/mol. The van der Waals surface area contributed by atoms with Crippen LogP contribution in [0.15, 0.2) is 36.4 Å². The first-order chi connectivity index (χ1) is 13.3. The molecule has 148 valence electrons. The molecule has 3 nitrogen and oxygen atoms in total. The highest BCUT2D eigenvalue weighted by Crippen LogP contribution is 2.57. The molecule has 4 rings (SSSR count). The van der Waals surface area contributed by atoms with Gasteiger partial charge in [0.15, 0.2) is 11.5 Å². The minimum atomic E-state index is 0.122. The topological polar surface area (TPSA) is 38.7 Å². The summed E-state index contributed by atoms with van der Waals surface area (Å²) < 4.78 is 12.2. The van der Waals surface area contributed by atoms with E-state index < -0.39 is 0 Å². The van der Waals surface area contributed by atoms with E-state index in [2.05, 4.69) is 32.9 Å². The van der Waals surface area contributed by atoms with Crippen molar-refractivity contribution >= 4 is 12.2 Å². The lowest BCUT2D eigenvalue weighted by Crippen LogP contribution is -2.54. The van der Waals surface area contributed by atoms with Gasteiger partial charge in [-0.15, -0.1) is 0 Å². The molecular weight excluding hydrogens is 348 g/mol. The highest BCUT2D eigenvalue weighted by molar-refractivity contribution is 5.72. The summed E-state index contributed by atoms with van der Waals surface area (Å²) in [4.78, 5) is 0. The lowest BCUT2D eigenvalue weighted by molar-refractivity contribution is -0.0847. The second kappa shape index (κ2) is 6.88. The molecule has 2 aliphatic rings. The molecule has 3 heteroatoms. The Morgan fingerprint density at radius 1 is 1.11 bits per heavy atom. The zero-order valence-electron chi connectivity index (χ0n) is 17.3. The Balaban J connectivity index is 1.71. The zero-order valence-corrected chi connectivity index (χ0v) is 17.3. The van der Waals surface area contributed by atoms with Crippen LogP contribution in [0.3, 0.4) is 0 Å². The Labute approximate surface area is 168 Å². The van der Waals surface area contributed by atoms with E-state index in [4.69, 9.17) is 9.47 Å². The molecule has 1 unspecified atom stereocenters. The van der Waals surface area contributed by atoms with Crippen LogP contribution in [0.4, 0.5) is 0 Å². The van der Waals surface area contributed by atoms with Gasteiger partial charge in [0, 0.05) is 5.41 Å². The van der Waals surface area contributed by atoms with Crippen molar-refractivity contribution in [2.45, 2.75) is 52.6 Å². The summed E-state index contributed by atoms with van der Waals surface area (Å²) in [6.07, 6.45) is 8.90. The number of benzene rings is 2. The summed E-state index contributed by atoms with van der Waals surface area (Å²) in [5.74, 6) is 1.99. The van der Waals surface area contributed by atoms with E-state index in [1.165, 1.54) is 18.4 Å². The Morgan fingerprint density at radius 3 is 2.64 bits per heavy atom. The molecule has 0 spiro atoms. The van der Waals surface area contributed by atoms with Gasteiger partial charge < -0.3 is 14.6 Å². The number of fused-ring (bicyclic) bond motifs is 2. The third kappa shape index (κ3) is 3.17. The van der Waals surface area contributed by atoms with Crippen LogP contribution in [-0.4, -0.2) is 18.3 Å². The summed E-state index contributed by atoms with van der Waals surface area (Å²) >= 11 is 0. The summed E-state index contributed by atoms with van der Waals surface area (Å²) in [6, 6.07) is 11.5. The first kappa shape index (κ1) is 18.9. The fraction of sp³-hybridized carbons (Fsp3) is 0.440. The average molecular weight is 379 g/mol. The fourth-order valence-electron chi connectivity index (χ4n) is 4.87. The second-order valence-electron chi connectivity index (χ2n) is 9.12. The highest BCUT2D eigenvalue weighted by atomic mass is 16.5. The van der Waals surface area contributed by atoms with Crippen LogP contribution < -0.4 is 9.47 Å². The minimum Gasteiger partial charge on any atom is -0.508 e. The van der Waals surface area contributed by atoms with Crippen molar-refractivity contribution in [2.75, 3.05) is 7.11 Å². The van der Waals surface area contributed by atoms with Gasteiger partial charge in [-0.2, -0.15) is 0 Å². The Hall–Kier alpha value is -2.42. The average Bonchev–Trinajstić information content (AvgIpc) is 2.65. The van der Waals surface area contributed by atoms with Crippen LogP contribution >= 0.6 is 0 Å². The normalized spacial score (nSPS) is 25.6. The molecule has 0 amide bonds. The Bertz CT molecular complexity index is 912. The van der Waals surface area contributed by atoms with Crippen molar-refractivity contribution in [1.82, 2.24) is 0 Å². The van der Waals surface area contributed by atoms with Gasteiger partial charge in [-0.1, -0.05) is 45.1 Å². The molecule has 2 atom stereocenters. The summed E-state index contributed by atoms with van der Waals surface area (Å²) in [5, 5.41) is 9.67. The van der Waals surface area contributed by atoms with Crippen molar-refractivity contribution in [1.29, 1.82) is 0 Å². The number of phenolic OH excluding ortho intramolecular Hbond substituents is 1. The molecule has 1 aliphatic carbocycles.